The molecule has 2 N–H and O–H groups in total. The van der Waals surface area contributed by atoms with Gasteiger partial charge in [-0.2, -0.15) is 0 Å². The number of rotatable bonds is 5. The summed E-state index contributed by atoms with van der Waals surface area (Å²) in [7, 11) is 0. The van der Waals surface area contributed by atoms with Crippen molar-refractivity contribution in [3.63, 3.8) is 0 Å². The van der Waals surface area contributed by atoms with Crippen LogP contribution in [0, 0.1) is 5.92 Å². The molecule has 0 spiro atoms. The molecule has 0 aromatic heterocycles. The van der Waals surface area contributed by atoms with Crippen molar-refractivity contribution < 1.29 is 4.79 Å². The van der Waals surface area contributed by atoms with Crippen LogP contribution in [0.4, 0.5) is 0 Å². The second-order valence-corrected chi connectivity index (χ2v) is 7.40. The van der Waals surface area contributed by atoms with E-state index < -0.39 is 0 Å². The number of hydrogen-bond acceptors (Lipinski definition) is 3. The summed E-state index contributed by atoms with van der Waals surface area (Å²) in [6, 6.07) is 1.34. The average molecular weight is 307 g/mol. The van der Waals surface area contributed by atoms with Crippen molar-refractivity contribution in [1.29, 1.82) is 0 Å². The van der Waals surface area contributed by atoms with Crippen molar-refractivity contribution in [1.82, 2.24) is 15.5 Å². The normalized spacial score (nSPS) is 33.1. The molecule has 0 aromatic rings. The Morgan fingerprint density at radius 3 is 2.64 bits per heavy atom. The third-order valence-corrected chi connectivity index (χ3v) is 5.89. The summed E-state index contributed by atoms with van der Waals surface area (Å²) in [6.45, 7) is 4.03. The van der Waals surface area contributed by atoms with Gasteiger partial charge in [0.2, 0.25) is 5.91 Å². The molecule has 4 nitrogen and oxygen atoms in total. The van der Waals surface area contributed by atoms with E-state index in [4.69, 9.17) is 0 Å². The Kier molecular flexibility index (Phi) is 6.13. The van der Waals surface area contributed by atoms with E-state index in [1.54, 1.807) is 0 Å². The Labute approximate surface area is 135 Å². The highest BCUT2D eigenvalue weighted by Crippen LogP contribution is 2.31. The highest BCUT2D eigenvalue weighted by Gasteiger charge is 2.33. The minimum absolute atomic E-state index is 0.359. The first-order chi connectivity index (χ1) is 10.8. The maximum Gasteiger partial charge on any atom is 0.223 e. The van der Waals surface area contributed by atoms with Gasteiger partial charge in [0.1, 0.15) is 0 Å². The van der Waals surface area contributed by atoms with E-state index in [-0.39, 0.29) is 0 Å². The molecule has 0 bridgehead atoms. The molecule has 0 aromatic carbocycles. The molecule has 1 amide bonds. The van der Waals surface area contributed by atoms with E-state index in [2.05, 4.69) is 15.5 Å². The quantitative estimate of drug-likeness (QED) is 0.819. The Morgan fingerprint density at radius 2 is 1.86 bits per heavy atom. The number of carbonyl (C=O) groups is 1. The number of nitrogens with zero attached hydrogens (tertiary/aromatic N) is 1. The van der Waals surface area contributed by atoms with Crippen LogP contribution in [-0.4, -0.2) is 49.1 Å². The highest BCUT2D eigenvalue weighted by atomic mass is 16.2. The van der Waals surface area contributed by atoms with Crippen LogP contribution in [-0.2, 0) is 4.79 Å². The van der Waals surface area contributed by atoms with Gasteiger partial charge in [-0.3, -0.25) is 4.79 Å². The molecule has 1 saturated carbocycles. The molecular weight excluding hydrogens is 274 g/mol. The van der Waals surface area contributed by atoms with E-state index in [1.165, 1.54) is 64.3 Å². The molecule has 4 heteroatoms. The number of carbonyl (C=O) groups excluding carboxylic acids is 1. The third-order valence-electron chi connectivity index (χ3n) is 5.89. The van der Waals surface area contributed by atoms with Gasteiger partial charge in [-0.05, 0) is 57.4 Å². The molecule has 22 heavy (non-hydrogen) atoms. The number of hydrogen-bond donors (Lipinski definition) is 2. The van der Waals surface area contributed by atoms with Crippen molar-refractivity contribution in [3.05, 3.63) is 0 Å². The minimum atomic E-state index is 0.359. The lowest BCUT2D eigenvalue weighted by atomic mass is 9.88. The molecule has 1 aliphatic carbocycles. The van der Waals surface area contributed by atoms with Crippen LogP contribution in [0.25, 0.3) is 0 Å². The predicted octanol–water partition coefficient (Wildman–Crippen LogP) is 2.29. The minimum Gasteiger partial charge on any atom is -0.343 e. The largest absolute Gasteiger partial charge is 0.343 e. The van der Waals surface area contributed by atoms with Crippen molar-refractivity contribution in [2.45, 2.75) is 76.3 Å². The van der Waals surface area contributed by atoms with E-state index >= 15 is 0 Å². The van der Waals surface area contributed by atoms with Gasteiger partial charge in [0.25, 0.3) is 0 Å². The standard InChI is InChI=1S/C18H33N3O/c22-18(21-13-4-1-5-14-21)10-12-20-17-9-6-7-15(17)16-8-2-3-11-19-16/h15-17,19-20H,1-14H2. The van der Waals surface area contributed by atoms with E-state index in [0.29, 0.717) is 24.4 Å². The Hall–Kier alpha value is -0.610. The lowest BCUT2D eigenvalue weighted by molar-refractivity contribution is -0.132. The van der Waals surface area contributed by atoms with Crippen LogP contribution in [0.3, 0.4) is 0 Å². The smallest absolute Gasteiger partial charge is 0.223 e. The molecule has 3 rings (SSSR count). The highest BCUT2D eigenvalue weighted by molar-refractivity contribution is 5.76. The lowest BCUT2D eigenvalue weighted by Gasteiger charge is -2.33. The van der Waals surface area contributed by atoms with Crippen LogP contribution in [0.15, 0.2) is 0 Å². The van der Waals surface area contributed by atoms with Crippen LogP contribution in [0.5, 0.6) is 0 Å². The second-order valence-electron chi connectivity index (χ2n) is 7.40. The zero-order chi connectivity index (χ0) is 15.2. The summed E-state index contributed by atoms with van der Waals surface area (Å²) >= 11 is 0. The van der Waals surface area contributed by atoms with Gasteiger partial charge >= 0.3 is 0 Å². The zero-order valence-electron chi connectivity index (χ0n) is 14.0. The van der Waals surface area contributed by atoms with Crippen LogP contribution in [0.1, 0.15) is 64.2 Å². The van der Waals surface area contributed by atoms with Crippen molar-refractivity contribution >= 4 is 5.91 Å². The molecule has 3 aliphatic rings. The topological polar surface area (TPSA) is 44.4 Å². The first-order valence-corrected chi connectivity index (χ1v) is 9.59. The second kappa shape index (κ2) is 8.30. The molecule has 2 heterocycles. The van der Waals surface area contributed by atoms with Gasteiger partial charge in [-0.15, -0.1) is 0 Å². The fraction of sp³-hybridized carbons (Fsp3) is 0.944. The number of amides is 1. The first-order valence-electron chi connectivity index (χ1n) is 9.59. The summed E-state index contributed by atoms with van der Waals surface area (Å²) < 4.78 is 0. The molecule has 126 valence electrons. The molecule has 2 saturated heterocycles. The summed E-state index contributed by atoms with van der Waals surface area (Å²) in [4.78, 5) is 14.3. The first kappa shape index (κ1) is 16.3. The maximum atomic E-state index is 12.2. The fourth-order valence-electron chi connectivity index (χ4n) is 4.63. The molecule has 2 aliphatic heterocycles. The molecule has 3 atom stereocenters. The van der Waals surface area contributed by atoms with Crippen LogP contribution < -0.4 is 10.6 Å². The maximum absolute atomic E-state index is 12.2. The fourth-order valence-corrected chi connectivity index (χ4v) is 4.63. The van der Waals surface area contributed by atoms with E-state index in [1.807, 2.05) is 0 Å². The molecule has 3 unspecified atom stereocenters. The Bertz CT molecular complexity index is 348. The van der Waals surface area contributed by atoms with E-state index in [9.17, 15) is 4.79 Å². The van der Waals surface area contributed by atoms with E-state index in [0.717, 1.165) is 25.6 Å². The van der Waals surface area contributed by atoms with Gasteiger partial charge in [0.15, 0.2) is 0 Å². The predicted molar refractivity (Wildman–Crippen MR) is 89.8 cm³/mol. The SMILES string of the molecule is O=C(CCNC1CCCC1C1CCCCN1)N1CCCCC1. The summed E-state index contributed by atoms with van der Waals surface area (Å²) in [5.41, 5.74) is 0. The third kappa shape index (κ3) is 4.23. The van der Waals surface area contributed by atoms with Crippen LogP contribution >= 0.6 is 0 Å². The molecule has 0 radical (unpaired) electrons. The van der Waals surface area contributed by atoms with Crippen molar-refractivity contribution in [2.75, 3.05) is 26.2 Å². The van der Waals surface area contributed by atoms with Crippen molar-refractivity contribution in [3.8, 4) is 0 Å². The van der Waals surface area contributed by atoms with Crippen LogP contribution in [0.2, 0.25) is 0 Å². The Balaban J connectivity index is 1.39. The summed E-state index contributed by atoms with van der Waals surface area (Å²) in [5.74, 6) is 1.14. The van der Waals surface area contributed by atoms with Gasteiger partial charge in [-0.25, -0.2) is 0 Å². The van der Waals surface area contributed by atoms with Gasteiger partial charge in [0.05, 0.1) is 0 Å². The van der Waals surface area contributed by atoms with Gasteiger partial charge in [0, 0.05) is 38.1 Å². The number of nitrogens with one attached hydrogen (secondary N) is 2. The average Bonchev–Trinajstić information content (AvgIpc) is 3.05. The molecule has 3 fully saturated rings. The van der Waals surface area contributed by atoms with Gasteiger partial charge < -0.3 is 15.5 Å². The monoisotopic (exact) mass is 307 g/mol. The number of likely N-dealkylation sites (tertiary alicyclic amines) is 1. The zero-order valence-corrected chi connectivity index (χ0v) is 14.0. The summed E-state index contributed by atoms with van der Waals surface area (Å²) in [5, 5.41) is 7.44. The van der Waals surface area contributed by atoms with Gasteiger partial charge in [-0.1, -0.05) is 12.8 Å². The summed E-state index contributed by atoms with van der Waals surface area (Å²) in [6.07, 6.45) is 12.4. The number of piperidine rings is 2. The lowest BCUT2D eigenvalue weighted by Crippen LogP contribution is -2.47. The van der Waals surface area contributed by atoms with Crippen molar-refractivity contribution in [2.24, 2.45) is 5.92 Å². The Morgan fingerprint density at radius 1 is 1.00 bits per heavy atom. The molecular formula is C18H33N3O.